The van der Waals surface area contributed by atoms with Crippen LogP contribution in [0.4, 0.5) is 15.1 Å². The molecular weight excluding hydrogens is 298 g/mol. The SMILES string of the molecule is O=C(NCc1ccccc1)Nc1nnc(N2CCCCC2)s1. The largest absolute Gasteiger partial charge is 0.347 e. The maximum Gasteiger partial charge on any atom is 0.321 e. The van der Waals surface area contributed by atoms with E-state index in [2.05, 4.69) is 25.7 Å². The normalized spacial score (nSPS) is 14.6. The highest BCUT2D eigenvalue weighted by atomic mass is 32.1. The minimum Gasteiger partial charge on any atom is -0.347 e. The number of carbonyl (C=O) groups excluding carboxylic acids is 1. The monoisotopic (exact) mass is 317 g/mol. The van der Waals surface area contributed by atoms with E-state index in [-0.39, 0.29) is 6.03 Å². The first-order valence-corrected chi connectivity index (χ1v) is 8.30. The Hall–Kier alpha value is -2.15. The second-order valence-electron chi connectivity index (χ2n) is 5.23. The topological polar surface area (TPSA) is 70.1 Å². The zero-order valence-corrected chi connectivity index (χ0v) is 13.1. The van der Waals surface area contributed by atoms with Gasteiger partial charge in [0.1, 0.15) is 0 Å². The first kappa shape index (κ1) is 14.8. The maximum absolute atomic E-state index is 11.9. The van der Waals surface area contributed by atoms with E-state index in [4.69, 9.17) is 0 Å². The van der Waals surface area contributed by atoms with Crippen molar-refractivity contribution in [1.82, 2.24) is 15.5 Å². The van der Waals surface area contributed by atoms with E-state index >= 15 is 0 Å². The Morgan fingerprint density at radius 3 is 2.68 bits per heavy atom. The first-order chi connectivity index (χ1) is 10.8. The van der Waals surface area contributed by atoms with Crippen molar-refractivity contribution in [1.29, 1.82) is 0 Å². The standard InChI is InChI=1S/C15H19N5OS/c21-13(16-11-12-7-3-1-4-8-12)17-14-18-19-15(22-14)20-9-5-2-6-10-20/h1,3-4,7-8H,2,5-6,9-11H2,(H2,16,17,18,21). The van der Waals surface area contributed by atoms with Crippen LogP contribution in [0.1, 0.15) is 24.8 Å². The number of aromatic nitrogens is 2. The second kappa shape index (κ2) is 7.22. The summed E-state index contributed by atoms with van der Waals surface area (Å²) >= 11 is 1.42. The molecule has 1 aliphatic rings. The van der Waals surface area contributed by atoms with Crippen LogP contribution in [0.25, 0.3) is 0 Å². The molecule has 0 saturated carbocycles. The molecule has 2 N–H and O–H groups in total. The van der Waals surface area contributed by atoms with Gasteiger partial charge in [0.05, 0.1) is 0 Å². The average molecular weight is 317 g/mol. The summed E-state index contributed by atoms with van der Waals surface area (Å²) in [6.45, 7) is 2.54. The number of urea groups is 1. The van der Waals surface area contributed by atoms with Crippen molar-refractivity contribution in [2.24, 2.45) is 0 Å². The van der Waals surface area contributed by atoms with Crippen molar-refractivity contribution in [3.63, 3.8) is 0 Å². The smallest absolute Gasteiger partial charge is 0.321 e. The van der Waals surface area contributed by atoms with Gasteiger partial charge in [-0.1, -0.05) is 41.7 Å². The fourth-order valence-corrected chi connectivity index (χ4v) is 3.19. The summed E-state index contributed by atoms with van der Waals surface area (Å²) in [6, 6.07) is 9.53. The zero-order chi connectivity index (χ0) is 15.2. The lowest BCUT2D eigenvalue weighted by atomic mass is 10.1. The minimum absolute atomic E-state index is 0.259. The molecule has 0 unspecified atom stereocenters. The van der Waals surface area contributed by atoms with Crippen LogP contribution in [-0.2, 0) is 6.54 Å². The number of nitrogens with one attached hydrogen (secondary N) is 2. The molecule has 1 aromatic carbocycles. The summed E-state index contributed by atoms with van der Waals surface area (Å²) in [6.07, 6.45) is 3.67. The van der Waals surface area contributed by atoms with E-state index in [0.29, 0.717) is 11.7 Å². The van der Waals surface area contributed by atoms with Gasteiger partial charge in [-0.2, -0.15) is 0 Å². The summed E-state index contributed by atoms with van der Waals surface area (Å²) in [5.41, 5.74) is 1.06. The number of amides is 2. The van der Waals surface area contributed by atoms with Gasteiger partial charge in [0.25, 0.3) is 0 Å². The quantitative estimate of drug-likeness (QED) is 0.910. The molecule has 6 nitrogen and oxygen atoms in total. The molecular formula is C15H19N5OS. The molecule has 0 spiro atoms. The molecule has 0 atom stereocenters. The average Bonchev–Trinajstić information content (AvgIpc) is 3.03. The van der Waals surface area contributed by atoms with Crippen molar-refractivity contribution in [3.05, 3.63) is 35.9 Å². The van der Waals surface area contributed by atoms with Crippen LogP contribution in [0, 0.1) is 0 Å². The molecule has 22 heavy (non-hydrogen) atoms. The van der Waals surface area contributed by atoms with E-state index in [1.165, 1.54) is 30.6 Å². The first-order valence-electron chi connectivity index (χ1n) is 7.48. The number of piperidine rings is 1. The molecule has 2 aromatic rings. The predicted octanol–water partition coefficient (Wildman–Crippen LogP) is 2.85. The third-order valence-corrected chi connectivity index (χ3v) is 4.46. The van der Waals surface area contributed by atoms with Crippen molar-refractivity contribution < 1.29 is 4.79 Å². The Balaban J connectivity index is 1.50. The number of anilines is 2. The lowest BCUT2D eigenvalue weighted by molar-refractivity contribution is 0.251. The number of rotatable bonds is 4. The van der Waals surface area contributed by atoms with Crippen molar-refractivity contribution in [2.45, 2.75) is 25.8 Å². The van der Waals surface area contributed by atoms with Crippen molar-refractivity contribution in [3.8, 4) is 0 Å². The van der Waals surface area contributed by atoms with Gasteiger partial charge in [-0.25, -0.2) is 4.79 Å². The Labute approximate surface area is 133 Å². The number of hydrogen-bond acceptors (Lipinski definition) is 5. The minimum atomic E-state index is -0.259. The second-order valence-corrected chi connectivity index (χ2v) is 6.19. The summed E-state index contributed by atoms with van der Waals surface area (Å²) in [7, 11) is 0. The maximum atomic E-state index is 11.9. The Morgan fingerprint density at radius 1 is 1.14 bits per heavy atom. The summed E-state index contributed by atoms with van der Waals surface area (Å²) in [5.74, 6) is 0. The van der Waals surface area contributed by atoms with Gasteiger partial charge in [-0.3, -0.25) is 5.32 Å². The molecule has 7 heteroatoms. The van der Waals surface area contributed by atoms with Crippen molar-refractivity contribution >= 4 is 27.6 Å². The number of carbonyl (C=O) groups is 1. The summed E-state index contributed by atoms with van der Waals surface area (Å²) in [5, 5.41) is 15.2. The number of benzene rings is 1. The molecule has 1 aromatic heterocycles. The fraction of sp³-hybridized carbons (Fsp3) is 0.400. The summed E-state index contributed by atoms with van der Waals surface area (Å²) in [4.78, 5) is 14.1. The van der Waals surface area contributed by atoms with E-state index in [9.17, 15) is 4.79 Å². The van der Waals surface area contributed by atoms with Gasteiger partial charge in [0, 0.05) is 19.6 Å². The van der Waals surface area contributed by atoms with E-state index in [0.717, 1.165) is 23.8 Å². The Kier molecular flexibility index (Phi) is 4.85. The highest BCUT2D eigenvalue weighted by Crippen LogP contribution is 2.26. The highest BCUT2D eigenvalue weighted by molar-refractivity contribution is 7.19. The van der Waals surface area contributed by atoms with Gasteiger partial charge in [-0.05, 0) is 24.8 Å². The lowest BCUT2D eigenvalue weighted by Crippen LogP contribution is -2.29. The Bertz CT molecular complexity index is 609. The number of hydrogen-bond donors (Lipinski definition) is 2. The fourth-order valence-electron chi connectivity index (χ4n) is 2.40. The molecule has 2 amide bonds. The van der Waals surface area contributed by atoms with Gasteiger partial charge in [-0.15, -0.1) is 10.2 Å². The van der Waals surface area contributed by atoms with Gasteiger partial charge >= 0.3 is 6.03 Å². The molecule has 3 rings (SSSR count). The van der Waals surface area contributed by atoms with Crippen LogP contribution in [-0.4, -0.2) is 29.3 Å². The third kappa shape index (κ3) is 3.94. The lowest BCUT2D eigenvalue weighted by Gasteiger charge is -2.25. The van der Waals surface area contributed by atoms with Gasteiger partial charge in [0.15, 0.2) is 0 Å². The van der Waals surface area contributed by atoms with Crippen LogP contribution < -0.4 is 15.5 Å². The van der Waals surface area contributed by atoms with Crippen molar-refractivity contribution in [2.75, 3.05) is 23.3 Å². The molecule has 2 heterocycles. The van der Waals surface area contributed by atoms with Crippen LogP contribution in [0.3, 0.4) is 0 Å². The van der Waals surface area contributed by atoms with Crippen LogP contribution in [0.5, 0.6) is 0 Å². The van der Waals surface area contributed by atoms with E-state index in [1.54, 1.807) is 0 Å². The predicted molar refractivity (Wildman–Crippen MR) is 88.3 cm³/mol. The van der Waals surface area contributed by atoms with Gasteiger partial charge in [0.2, 0.25) is 10.3 Å². The highest BCUT2D eigenvalue weighted by Gasteiger charge is 2.16. The Morgan fingerprint density at radius 2 is 1.91 bits per heavy atom. The molecule has 1 fully saturated rings. The zero-order valence-electron chi connectivity index (χ0n) is 12.3. The molecule has 0 radical (unpaired) electrons. The molecule has 116 valence electrons. The summed E-state index contributed by atoms with van der Waals surface area (Å²) < 4.78 is 0. The van der Waals surface area contributed by atoms with E-state index in [1.807, 2.05) is 30.3 Å². The van der Waals surface area contributed by atoms with Gasteiger partial charge < -0.3 is 10.2 Å². The van der Waals surface area contributed by atoms with Crippen LogP contribution in [0.2, 0.25) is 0 Å². The molecule has 0 aliphatic carbocycles. The number of nitrogens with zero attached hydrogens (tertiary/aromatic N) is 3. The van der Waals surface area contributed by atoms with E-state index < -0.39 is 0 Å². The molecule has 1 saturated heterocycles. The van der Waals surface area contributed by atoms with Crippen LogP contribution in [0.15, 0.2) is 30.3 Å². The molecule has 1 aliphatic heterocycles. The van der Waals surface area contributed by atoms with Crippen LogP contribution >= 0.6 is 11.3 Å². The third-order valence-electron chi connectivity index (χ3n) is 3.56. The molecule has 0 bridgehead atoms.